The van der Waals surface area contributed by atoms with E-state index in [9.17, 15) is 9.59 Å². The van der Waals surface area contributed by atoms with Crippen LogP contribution in [0.3, 0.4) is 0 Å². The van der Waals surface area contributed by atoms with Crippen LogP contribution in [0.2, 0.25) is 0 Å². The van der Waals surface area contributed by atoms with Crippen molar-refractivity contribution in [2.75, 3.05) is 16.0 Å². The summed E-state index contributed by atoms with van der Waals surface area (Å²) in [5.74, 6) is 0.406. The molecule has 1 aliphatic heterocycles. The quantitative estimate of drug-likeness (QED) is 0.475. The summed E-state index contributed by atoms with van der Waals surface area (Å²) in [5.41, 5.74) is 5.00. The smallest absolute Gasteiger partial charge is 0.238 e. The summed E-state index contributed by atoms with van der Waals surface area (Å²) in [6.07, 6.45) is 1.67. The van der Waals surface area contributed by atoms with Crippen molar-refractivity contribution in [2.24, 2.45) is 0 Å². The number of benzene rings is 3. The molecule has 4 rings (SSSR count). The molecule has 0 radical (unpaired) electrons. The van der Waals surface area contributed by atoms with E-state index in [2.05, 4.69) is 24.4 Å². The largest absolute Gasteiger partial charge is 0.326 e. The van der Waals surface area contributed by atoms with Crippen molar-refractivity contribution in [2.45, 2.75) is 38.0 Å². The molecular weight excluding hydrogens is 416 g/mol. The second kappa shape index (κ2) is 10.0. The summed E-state index contributed by atoms with van der Waals surface area (Å²) in [6, 6.07) is 25.9. The van der Waals surface area contributed by atoms with Gasteiger partial charge in [0, 0.05) is 11.4 Å². The van der Waals surface area contributed by atoms with Crippen molar-refractivity contribution in [3.8, 4) is 0 Å². The van der Waals surface area contributed by atoms with E-state index in [1.807, 2.05) is 78.6 Å². The lowest BCUT2D eigenvalue weighted by atomic mass is 9.95. The van der Waals surface area contributed by atoms with E-state index in [1.165, 1.54) is 5.56 Å². The van der Waals surface area contributed by atoms with Crippen molar-refractivity contribution in [3.05, 3.63) is 95.6 Å². The van der Waals surface area contributed by atoms with Crippen molar-refractivity contribution in [3.63, 3.8) is 0 Å². The summed E-state index contributed by atoms with van der Waals surface area (Å²) >= 11 is 1.63. The van der Waals surface area contributed by atoms with Gasteiger partial charge in [-0.25, -0.2) is 0 Å². The number of carbonyl (C=O) groups is 2. The van der Waals surface area contributed by atoms with Crippen LogP contribution >= 0.6 is 11.8 Å². The molecule has 3 aromatic carbocycles. The highest BCUT2D eigenvalue weighted by Gasteiger charge is 2.34. The Kier molecular flexibility index (Phi) is 6.96. The zero-order chi connectivity index (χ0) is 22.5. The molecule has 1 saturated heterocycles. The van der Waals surface area contributed by atoms with Crippen molar-refractivity contribution >= 4 is 35.0 Å². The van der Waals surface area contributed by atoms with E-state index in [0.29, 0.717) is 5.75 Å². The molecular formula is C27H28N2O2S. The van der Waals surface area contributed by atoms with Gasteiger partial charge in [0.1, 0.15) is 5.37 Å². The van der Waals surface area contributed by atoms with Crippen molar-refractivity contribution in [1.82, 2.24) is 0 Å². The first kappa shape index (κ1) is 22.2. The maximum Gasteiger partial charge on any atom is 0.238 e. The van der Waals surface area contributed by atoms with Gasteiger partial charge >= 0.3 is 0 Å². The second-order valence-electron chi connectivity index (χ2n) is 7.93. The third kappa shape index (κ3) is 4.73. The normalized spacial score (nSPS) is 16.8. The number of carbonyl (C=O) groups excluding carboxylic acids is 2. The maximum absolute atomic E-state index is 12.9. The standard InChI is InChI=1S/C27H28N2O2S/c1-3-19-9-8-12-23(17-19)29-25(30)18-32-27(29)21-13-15-22(16-14-21)28-26(31)24(4-2)20-10-6-5-7-11-20/h5-17,24,27H,3-4,18H2,1-2H3,(H,28,31)/t24-,27+/m0/s1. The number of nitrogens with zero attached hydrogens (tertiary/aromatic N) is 1. The summed E-state index contributed by atoms with van der Waals surface area (Å²) in [6.45, 7) is 4.14. The van der Waals surface area contributed by atoms with Gasteiger partial charge in [0.05, 0.1) is 11.7 Å². The Labute approximate surface area is 194 Å². The van der Waals surface area contributed by atoms with Crippen LogP contribution in [0.5, 0.6) is 0 Å². The van der Waals surface area contributed by atoms with Gasteiger partial charge in [-0.15, -0.1) is 11.8 Å². The van der Waals surface area contributed by atoms with Gasteiger partial charge in [-0.05, 0) is 53.8 Å². The average Bonchev–Trinajstić information content (AvgIpc) is 3.22. The molecule has 1 fully saturated rings. The number of aryl methyl sites for hydroxylation is 1. The Bertz CT molecular complexity index is 1080. The molecule has 0 saturated carbocycles. The molecule has 164 valence electrons. The third-order valence-electron chi connectivity index (χ3n) is 5.85. The minimum atomic E-state index is -0.180. The maximum atomic E-state index is 12.9. The van der Waals surface area contributed by atoms with Crippen LogP contribution in [0.4, 0.5) is 11.4 Å². The summed E-state index contributed by atoms with van der Waals surface area (Å²) in [4.78, 5) is 27.4. The van der Waals surface area contributed by atoms with E-state index >= 15 is 0 Å². The molecule has 1 heterocycles. The van der Waals surface area contributed by atoms with E-state index in [-0.39, 0.29) is 23.1 Å². The molecule has 0 spiro atoms. The van der Waals surface area contributed by atoms with E-state index in [0.717, 1.165) is 35.3 Å². The Balaban J connectivity index is 1.50. The van der Waals surface area contributed by atoms with Gasteiger partial charge in [0.25, 0.3) is 0 Å². The Morgan fingerprint density at radius 2 is 1.78 bits per heavy atom. The highest BCUT2D eigenvalue weighted by Crippen LogP contribution is 2.42. The van der Waals surface area contributed by atoms with Crippen LogP contribution in [-0.2, 0) is 16.0 Å². The van der Waals surface area contributed by atoms with Gasteiger partial charge in [-0.3, -0.25) is 14.5 Å². The number of hydrogen-bond acceptors (Lipinski definition) is 3. The molecule has 5 heteroatoms. The monoisotopic (exact) mass is 444 g/mol. The van der Waals surface area contributed by atoms with Crippen LogP contribution in [0.25, 0.3) is 0 Å². The zero-order valence-electron chi connectivity index (χ0n) is 18.5. The molecule has 3 aromatic rings. The fourth-order valence-electron chi connectivity index (χ4n) is 4.09. The predicted molar refractivity (Wildman–Crippen MR) is 133 cm³/mol. The van der Waals surface area contributed by atoms with E-state index < -0.39 is 0 Å². The van der Waals surface area contributed by atoms with E-state index in [4.69, 9.17) is 0 Å². The van der Waals surface area contributed by atoms with Crippen LogP contribution in [0, 0.1) is 0 Å². The van der Waals surface area contributed by atoms with Gasteiger partial charge in [0.2, 0.25) is 11.8 Å². The third-order valence-corrected chi connectivity index (χ3v) is 7.07. The molecule has 0 aromatic heterocycles. The number of amides is 2. The van der Waals surface area contributed by atoms with Gasteiger partial charge in [-0.2, -0.15) is 0 Å². The lowest BCUT2D eigenvalue weighted by Gasteiger charge is -2.25. The van der Waals surface area contributed by atoms with Gasteiger partial charge in [0.15, 0.2) is 0 Å². The molecule has 2 atom stereocenters. The van der Waals surface area contributed by atoms with Gasteiger partial charge in [-0.1, -0.05) is 68.4 Å². The highest BCUT2D eigenvalue weighted by molar-refractivity contribution is 8.00. The number of rotatable bonds is 7. The first-order chi connectivity index (χ1) is 15.6. The molecule has 1 N–H and O–H groups in total. The first-order valence-electron chi connectivity index (χ1n) is 11.1. The zero-order valence-corrected chi connectivity index (χ0v) is 19.3. The fraction of sp³-hybridized carbons (Fsp3) is 0.259. The molecule has 1 aliphatic rings. The second-order valence-corrected chi connectivity index (χ2v) is 9.00. The highest BCUT2D eigenvalue weighted by atomic mass is 32.2. The number of hydrogen-bond donors (Lipinski definition) is 1. The van der Waals surface area contributed by atoms with Crippen LogP contribution < -0.4 is 10.2 Å². The molecule has 4 nitrogen and oxygen atoms in total. The van der Waals surface area contributed by atoms with Crippen LogP contribution in [0.15, 0.2) is 78.9 Å². The topological polar surface area (TPSA) is 49.4 Å². The Morgan fingerprint density at radius 3 is 2.47 bits per heavy atom. The predicted octanol–water partition coefficient (Wildman–Crippen LogP) is 6.16. The molecule has 0 bridgehead atoms. The van der Waals surface area contributed by atoms with Gasteiger partial charge < -0.3 is 5.32 Å². The van der Waals surface area contributed by atoms with Crippen LogP contribution in [-0.4, -0.2) is 17.6 Å². The first-order valence-corrected chi connectivity index (χ1v) is 12.1. The lowest BCUT2D eigenvalue weighted by molar-refractivity contribution is -0.118. The number of anilines is 2. The lowest BCUT2D eigenvalue weighted by Crippen LogP contribution is -2.27. The van der Waals surface area contributed by atoms with Crippen molar-refractivity contribution < 1.29 is 9.59 Å². The van der Waals surface area contributed by atoms with Crippen LogP contribution in [0.1, 0.15) is 48.3 Å². The summed E-state index contributed by atoms with van der Waals surface area (Å²) in [5, 5.41) is 2.99. The van der Waals surface area contributed by atoms with Crippen molar-refractivity contribution in [1.29, 1.82) is 0 Å². The Morgan fingerprint density at radius 1 is 1.03 bits per heavy atom. The molecule has 0 aliphatic carbocycles. The average molecular weight is 445 g/mol. The minimum absolute atomic E-state index is 0.00474. The molecule has 32 heavy (non-hydrogen) atoms. The summed E-state index contributed by atoms with van der Waals surface area (Å²) < 4.78 is 0. The summed E-state index contributed by atoms with van der Waals surface area (Å²) in [7, 11) is 0. The minimum Gasteiger partial charge on any atom is -0.326 e. The molecule has 2 amide bonds. The van der Waals surface area contributed by atoms with E-state index in [1.54, 1.807) is 11.8 Å². The Hall–Kier alpha value is -3.05. The number of nitrogens with one attached hydrogen (secondary N) is 1. The molecule has 0 unspecified atom stereocenters. The SMILES string of the molecule is CCc1cccc(N2C(=O)CS[C@@H]2c2ccc(NC(=O)[C@@H](CC)c3ccccc3)cc2)c1. The number of thioether (sulfide) groups is 1. The fourth-order valence-corrected chi connectivity index (χ4v) is 5.27.